The summed E-state index contributed by atoms with van der Waals surface area (Å²) in [6.07, 6.45) is 1.85. The van der Waals surface area contributed by atoms with Gasteiger partial charge in [-0.3, -0.25) is 4.79 Å². The molecule has 0 atom stereocenters. The largest absolute Gasteiger partial charge is 0.468 e. The second kappa shape index (κ2) is 6.58. The number of aryl methyl sites for hydroxylation is 1. The van der Waals surface area contributed by atoms with Crippen molar-refractivity contribution in [3.63, 3.8) is 0 Å². The van der Waals surface area contributed by atoms with Crippen LogP contribution in [0.3, 0.4) is 0 Å². The lowest BCUT2D eigenvalue weighted by Crippen LogP contribution is -2.29. The average Bonchev–Trinajstić information content (AvgIpc) is 2.38. The van der Waals surface area contributed by atoms with Crippen molar-refractivity contribution in [1.82, 2.24) is 4.98 Å². The topological polar surface area (TPSA) is 63.0 Å². The van der Waals surface area contributed by atoms with Crippen molar-refractivity contribution < 1.29 is 9.53 Å². The Labute approximate surface area is 118 Å². The van der Waals surface area contributed by atoms with E-state index in [-0.39, 0.29) is 5.97 Å². The van der Waals surface area contributed by atoms with Gasteiger partial charge in [-0.2, -0.15) is 5.26 Å². The number of ether oxygens (including phenoxy) is 1. The summed E-state index contributed by atoms with van der Waals surface area (Å²) in [5, 5.41) is 9.70. The molecule has 1 aromatic heterocycles. The van der Waals surface area contributed by atoms with Crippen molar-refractivity contribution in [3.05, 3.63) is 23.4 Å². The Bertz CT molecular complexity index is 507. The first-order chi connectivity index (χ1) is 8.94. The maximum Gasteiger partial charge on any atom is 0.321 e. The highest BCUT2D eigenvalue weighted by Gasteiger charge is 2.31. The Balaban J connectivity index is 3.08. The average molecular weight is 278 g/mol. The fourth-order valence-electron chi connectivity index (χ4n) is 1.57. The highest BCUT2D eigenvalue weighted by molar-refractivity contribution is 8.01. The quantitative estimate of drug-likeness (QED) is 0.612. The third-order valence-corrected chi connectivity index (χ3v) is 3.75. The lowest BCUT2D eigenvalue weighted by molar-refractivity contribution is -0.142. The molecule has 0 aliphatic heterocycles. The highest BCUT2D eigenvalue weighted by Crippen LogP contribution is 2.34. The van der Waals surface area contributed by atoms with Crippen LogP contribution < -0.4 is 0 Å². The number of hydrogen-bond donors (Lipinski definition) is 0. The number of nitriles is 1. The van der Waals surface area contributed by atoms with Crippen LogP contribution in [-0.2, 0) is 16.0 Å². The van der Waals surface area contributed by atoms with E-state index >= 15 is 0 Å². The van der Waals surface area contributed by atoms with Gasteiger partial charge in [0.1, 0.15) is 15.8 Å². The monoisotopic (exact) mass is 278 g/mol. The lowest BCUT2D eigenvalue weighted by Gasteiger charge is -2.20. The number of esters is 1. The second-order valence-electron chi connectivity index (χ2n) is 4.62. The van der Waals surface area contributed by atoms with Crippen LogP contribution in [0, 0.1) is 11.3 Å². The number of rotatable bonds is 5. The molecule has 0 fully saturated rings. The standard InChI is InChI=1S/C14H18N2O2S/c1-5-6-11-8-7-10(9-15)12(16-11)19-14(2,3)13(17)18-4/h7-8H,5-6H2,1-4H3. The zero-order chi connectivity index (χ0) is 14.5. The van der Waals surface area contributed by atoms with Crippen LogP contribution in [0.25, 0.3) is 0 Å². The highest BCUT2D eigenvalue weighted by atomic mass is 32.2. The van der Waals surface area contributed by atoms with E-state index in [1.807, 2.05) is 6.07 Å². The van der Waals surface area contributed by atoms with E-state index in [0.29, 0.717) is 10.6 Å². The SMILES string of the molecule is CCCc1ccc(C#N)c(SC(C)(C)C(=O)OC)n1. The summed E-state index contributed by atoms with van der Waals surface area (Å²) in [6, 6.07) is 5.72. The molecule has 0 amide bonds. The summed E-state index contributed by atoms with van der Waals surface area (Å²) in [4.78, 5) is 16.2. The first-order valence-electron chi connectivity index (χ1n) is 6.12. The van der Waals surface area contributed by atoms with Crippen LogP contribution >= 0.6 is 11.8 Å². The van der Waals surface area contributed by atoms with E-state index in [0.717, 1.165) is 18.5 Å². The summed E-state index contributed by atoms with van der Waals surface area (Å²) in [6.45, 7) is 5.60. The van der Waals surface area contributed by atoms with Crippen LogP contribution in [0.15, 0.2) is 17.2 Å². The first-order valence-corrected chi connectivity index (χ1v) is 6.93. The van der Waals surface area contributed by atoms with Gasteiger partial charge in [-0.05, 0) is 32.4 Å². The van der Waals surface area contributed by atoms with Gasteiger partial charge in [0.15, 0.2) is 0 Å². The van der Waals surface area contributed by atoms with Gasteiger partial charge in [0.2, 0.25) is 0 Å². The number of thioether (sulfide) groups is 1. The summed E-state index contributed by atoms with van der Waals surface area (Å²) in [7, 11) is 1.36. The molecule has 0 aliphatic carbocycles. The molecule has 1 aromatic rings. The second-order valence-corrected chi connectivity index (χ2v) is 6.23. The van der Waals surface area contributed by atoms with Gasteiger partial charge < -0.3 is 4.74 Å². The molecule has 5 heteroatoms. The number of carbonyl (C=O) groups is 1. The lowest BCUT2D eigenvalue weighted by atomic mass is 10.2. The van der Waals surface area contributed by atoms with Crippen LogP contribution in [0.2, 0.25) is 0 Å². The van der Waals surface area contributed by atoms with Crippen molar-refractivity contribution in [1.29, 1.82) is 5.26 Å². The first kappa shape index (κ1) is 15.5. The van der Waals surface area contributed by atoms with E-state index in [2.05, 4.69) is 18.0 Å². The Kier molecular flexibility index (Phi) is 5.37. The minimum Gasteiger partial charge on any atom is -0.468 e. The molecular weight excluding hydrogens is 260 g/mol. The Morgan fingerprint density at radius 3 is 2.74 bits per heavy atom. The summed E-state index contributed by atoms with van der Waals surface area (Å²) in [5.74, 6) is -0.330. The molecule has 1 rings (SSSR count). The fourth-order valence-corrected chi connectivity index (χ4v) is 2.60. The van der Waals surface area contributed by atoms with E-state index in [4.69, 9.17) is 10.00 Å². The molecule has 4 nitrogen and oxygen atoms in total. The van der Waals surface area contributed by atoms with Gasteiger partial charge in [0.05, 0.1) is 12.7 Å². The maximum atomic E-state index is 11.7. The van der Waals surface area contributed by atoms with Gasteiger partial charge >= 0.3 is 5.97 Å². The predicted molar refractivity (Wildman–Crippen MR) is 74.9 cm³/mol. The van der Waals surface area contributed by atoms with Crippen LogP contribution in [0.1, 0.15) is 38.4 Å². The molecular formula is C14H18N2O2S. The van der Waals surface area contributed by atoms with Crippen molar-refractivity contribution in [2.45, 2.75) is 43.4 Å². The minimum atomic E-state index is -0.766. The zero-order valence-electron chi connectivity index (χ0n) is 11.7. The summed E-state index contributed by atoms with van der Waals surface area (Å²) in [5.41, 5.74) is 1.42. The molecule has 102 valence electrons. The van der Waals surface area contributed by atoms with Crippen LogP contribution in [-0.4, -0.2) is 22.8 Å². The number of pyridine rings is 1. The van der Waals surface area contributed by atoms with E-state index in [1.54, 1.807) is 19.9 Å². The van der Waals surface area contributed by atoms with Crippen LogP contribution in [0.5, 0.6) is 0 Å². The van der Waals surface area contributed by atoms with Crippen molar-refractivity contribution in [2.24, 2.45) is 0 Å². The third-order valence-electron chi connectivity index (χ3n) is 2.57. The molecule has 0 saturated carbocycles. The van der Waals surface area contributed by atoms with Gasteiger partial charge in [0.25, 0.3) is 0 Å². The van der Waals surface area contributed by atoms with E-state index in [9.17, 15) is 4.79 Å². The third kappa shape index (κ3) is 3.97. The normalized spacial score (nSPS) is 10.9. The summed E-state index contributed by atoms with van der Waals surface area (Å²) >= 11 is 1.26. The molecule has 0 radical (unpaired) electrons. The van der Waals surface area contributed by atoms with Crippen molar-refractivity contribution in [2.75, 3.05) is 7.11 Å². The fraction of sp³-hybridized carbons (Fsp3) is 0.500. The maximum absolute atomic E-state index is 11.7. The van der Waals surface area contributed by atoms with E-state index in [1.165, 1.54) is 18.9 Å². The van der Waals surface area contributed by atoms with Crippen LogP contribution in [0.4, 0.5) is 0 Å². The Morgan fingerprint density at radius 2 is 2.21 bits per heavy atom. The molecule has 0 saturated heterocycles. The zero-order valence-corrected chi connectivity index (χ0v) is 12.5. The molecule has 0 unspecified atom stereocenters. The molecule has 19 heavy (non-hydrogen) atoms. The van der Waals surface area contributed by atoms with Gasteiger partial charge in [-0.1, -0.05) is 25.1 Å². The molecule has 1 heterocycles. The smallest absolute Gasteiger partial charge is 0.321 e. The van der Waals surface area contributed by atoms with Gasteiger partial charge in [0, 0.05) is 5.69 Å². The van der Waals surface area contributed by atoms with Gasteiger partial charge in [-0.15, -0.1) is 0 Å². The minimum absolute atomic E-state index is 0.330. The number of carbonyl (C=O) groups excluding carboxylic acids is 1. The predicted octanol–water partition coefficient (Wildman–Crippen LogP) is 2.95. The Morgan fingerprint density at radius 1 is 1.53 bits per heavy atom. The van der Waals surface area contributed by atoms with Crippen molar-refractivity contribution >= 4 is 17.7 Å². The Hall–Kier alpha value is -1.54. The number of nitrogens with zero attached hydrogens (tertiary/aromatic N) is 2. The molecule has 0 aromatic carbocycles. The molecule has 0 spiro atoms. The molecule has 0 bridgehead atoms. The summed E-state index contributed by atoms with van der Waals surface area (Å²) < 4.78 is 4.00. The van der Waals surface area contributed by atoms with Crippen molar-refractivity contribution in [3.8, 4) is 6.07 Å². The van der Waals surface area contributed by atoms with Gasteiger partial charge in [-0.25, -0.2) is 4.98 Å². The molecule has 0 N–H and O–H groups in total. The number of hydrogen-bond acceptors (Lipinski definition) is 5. The molecule has 0 aliphatic rings. The number of methoxy groups -OCH3 is 1. The van der Waals surface area contributed by atoms with E-state index < -0.39 is 4.75 Å². The number of aromatic nitrogens is 1.